The van der Waals surface area contributed by atoms with Crippen molar-refractivity contribution < 1.29 is 8.87 Å². The van der Waals surface area contributed by atoms with Gasteiger partial charge < -0.3 is 9.38 Å². The van der Waals surface area contributed by atoms with E-state index in [-0.39, 0.29) is 5.82 Å². The highest BCUT2D eigenvalue weighted by atomic mass is 19.1. The van der Waals surface area contributed by atoms with Crippen LogP contribution >= 0.6 is 0 Å². The lowest BCUT2D eigenvalue weighted by Gasteiger charge is -2.45. The molecule has 1 aromatic carbocycles. The van der Waals surface area contributed by atoms with Crippen LogP contribution in [0.5, 0.6) is 0 Å². The van der Waals surface area contributed by atoms with Crippen LogP contribution in [0.4, 0.5) is 10.1 Å². The Hall–Kier alpha value is -1.09. The van der Waals surface area contributed by atoms with Crippen molar-refractivity contribution in [2.24, 2.45) is 0 Å². The van der Waals surface area contributed by atoms with E-state index in [9.17, 15) is 4.39 Å². The van der Waals surface area contributed by atoms with Gasteiger partial charge in [0.05, 0.1) is 31.7 Å². The van der Waals surface area contributed by atoms with Crippen molar-refractivity contribution in [2.75, 3.05) is 31.1 Å². The molecule has 0 N–H and O–H groups in total. The van der Waals surface area contributed by atoms with Gasteiger partial charge in [-0.3, -0.25) is 0 Å². The topological polar surface area (TPSA) is 3.24 Å². The second-order valence-corrected chi connectivity index (χ2v) is 6.55. The van der Waals surface area contributed by atoms with Crippen LogP contribution in [0.3, 0.4) is 0 Å². The molecule has 0 amide bonds. The Morgan fingerprint density at radius 1 is 0.950 bits per heavy atom. The minimum Gasteiger partial charge on any atom is -0.366 e. The summed E-state index contributed by atoms with van der Waals surface area (Å²) in [5, 5.41) is 0. The number of benzene rings is 1. The number of anilines is 1. The molecule has 3 heteroatoms. The number of rotatable bonds is 3. The van der Waals surface area contributed by atoms with E-state index in [0.29, 0.717) is 12.1 Å². The lowest BCUT2D eigenvalue weighted by atomic mass is 10.1. The fraction of sp³-hybridized carbons (Fsp3) is 0.647. The molecular weight excluding hydrogens is 251 g/mol. The van der Waals surface area contributed by atoms with Crippen LogP contribution in [-0.2, 0) is 0 Å². The van der Waals surface area contributed by atoms with E-state index in [1.54, 1.807) is 12.1 Å². The van der Waals surface area contributed by atoms with E-state index in [4.69, 9.17) is 0 Å². The minimum atomic E-state index is -0.155. The first-order chi connectivity index (χ1) is 9.45. The Bertz CT molecular complexity index is 417. The van der Waals surface area contributed by atoms with Crippen LogP contribution < -0.4 is 4.90 Å². The summed E-state index contributed by atoms with van der Waals surface area (Å²) in [5.41, 5.74) is 1.15. The summed E-state index contributed by atoms with van der Waals surface area (Å²) < 4.78 is 14.2. The van der Waals surface area contributed by atoms with Crippen molar-refractivity contribution in [3.05, 3.63) is 30.1 Å². The van der Waals surface area contributed by atoms with Crippen molar-refractivity contribution in [3.63, 3.8) is 0 Å². The van der Waals surface area contributed by atoms with Crippen LogP contribution in [0.15, 0.2) is 24.3 Å². The van der Waals surface area contributed by atoms with E-state index in [2.05, 4.69) is 32.6 Å². The lowest BCUT2D eigenvalue weighted by Crippen LogP contribution is -2.59. The number of halogens is 1. The van der Waals surface area contributed by atoms with Gasteiger partial charge in [-0.2, -0.15) is 0 Å². The van der Waals surface area contributed by atoms with E-state index < -0.39 is 0 Å². The van der Waals surface area contributed by atoms with Gasteiger partial charge in [-0.15, -0.1) is 0 Å². The molecule has 0 atom stereocenters. The second kappa shape index (κ2) is 6.13. The average Bonchev–Trinajstić information content (AvgIpc) is 2.63. The standard InChI is InChI=1S/C17H28FN2/c1-14(2)20(15(3)4)12-5-10-19(11-13-20)17-8-6-16(18)7-9-17/h6-9,14-15H,5,10-13H2,1-4H3/q+1. The van der Waals surface area contributed by atoms with Crippen molar-refractivity contribution in [1.82, 2.24) is 0 Å². The van der Waals surface area contributed by atoms with Gasteiger partial charge in [0, 0.05) is 18.7 Å². The number of hydrogen-bond donors (Lipinski definition) is 0. The summed E-state index contributed by atoms with van der Waals surface area (Å²) in [4.78, 5) is 2.41. The number of hydrogen-bond acceptors (Lipinski definition) is 1. The minimum absolute atomic E-state index is 0.155. The molecule has 20 heavy (non-hydrogen) atoms. The van der Waals surface area contributed by atoms with Gasteiger partial charge in [-0.05, 0) is 52.0 Å². The van der Waals surface area contributed by atoms with E-state index in [1.165, 1.54) is 24.0 Å². The van der Waals surface area contributed by atoms with E-state index in [0.717, 1.165) is 18.8 Å². The van der Waals surface area contributed by atoms with Gasteiger partial charge >= 0.3 is 0 Å². The fourth-order valence-corrected chi connectivity index (χ4v) is 3.63. The molecule has 0 saturated carbocycles. The van der Waals surface area contributed by atoms with Gasteiger partial charge in [0.15, 0.2) is 0 Å². The van der Waals surface area contributed by atoms with E-state index in [1.807, 2.05) is 12.1 Å². The summed E-state index contributed by atoms with van der Waals surface area (Å²) in [6.07, 6.45) is 1.20. The molecule has 0 bridgehead atoms. The Morgan fingerprint density at radius 2 is 1.55 bits per heavy atom. The zero-order valence-corrected chi connectivity index (χ0v) is 13.3. The smallest absolute Gasteiger partial charge is 0.123 e. The molecule has 1 fully saturated rings. The van der Waals surface area contributed by atoms with Crippen molar-refractivity contribution in [2.45, 2.75) is 46.2 Å². The van der Waals surface area contributed by atoms with Crippen LogP contribution in [0.2, 0.25) is 0 Å². The quantitative estimate of drug-likeness (QED) is 0.763. The molecule has 1 aliphatic rings. The molecule has 0 radical (unpaired) electrons. The Balaban J connectivity index is 2.14. The van der Waals surface area contributed by atoms with Gasteiger partial charge in [0.1, 0.15) is 5.82 Å². The average molecular weight is 279 g/mol. The van der Waals surface area contributed by atoms with Crippen LogP contribution in [-0.4, -0.2) is 42.7 Å². The molecular formula is C17H28FN2+. The molecule has 1 heterocycles. The highest BCUT2D eigenvalue weighted by Gasteiger charge is 2.36. The molecule has 0 unspecified atom stereocenters. The largest absolute Gasteiger partial charge is 0.366 e. The van der Waals surface area contributed by atoms with Gasteiger partial charge in [0.25, 0.3) is 0 Å². The first-order valence-corrected chi connectivity index (χ1v) is 7.82. The molecule has 0 aromatic heterocycles. The van der Waals surface area contributed by atoms with E-state index >= 15 is 0 Å². The Morgan fingerprint density at radius 3 is 2.10 bits per heavy atom. The maximum Gasteiger partial charge on any atom is 0.123 e. The van der Waals surface area contributed by atoms with Gasteiger partial charge in [-0.1, -0.05) is 0 Å². The Kier molecular flexibility index (Phi) is 4.69. The molecule has 1 aliphatic heterocycles. The SMILES string of the molecule is CC(C)[N+]1(C(C)C)CCCN(c2ccc(F)cc2)CC1. The first-order valence-electron chi connectivity index (χ1n) is 7.82. The first kappa shape index (κ1) is 15.3. The summed E-state index contributed by atoms with van der Waals surface area (Å²) in [7, 11) is 0. The van der Waals surface area contributed by atoms with Crippen LogP contribution in [0.1, 0.15) is 34.1 Å². The van der Waals surface area contributed by atoms with Crippen molar-refractivity contribution in [1.29, 1.82) is 0 Å². The third-order valence-electron chi connectivity index (χ3n) is 5.04. The molecule has 2 rings (SSSR count). The van der Waals surface area contributed by atoms with Crippen molar-refractivity contribution >= 4 is 5.69 Å². The van der Waals surface area contributed by atoms with Crippen molar-refractivity contribution in [3.8, 4) is 0 Å². The summed E-state index contributed by atoms with van der Waals surface area (Å²) in [6, 6.07) is 8.24. The highest BCUT2D eigenvalue weighted by molar-refractivity contribution is 5.46. The third kappa shape index (κ3) is 2.98. The zero-order valence-electron chi connectivity index (χ0n) is 13.3. The summed E-state index contributed by atoms with van der Waals surface area (Å²) >= 11 is 0. The molecule has 0 aliphatic carbocycles. The Labute approximate surface area is 122 Å². The molecule has 112 valence electrons. The maximum absolute atomic E-state index is 13.0. The molecule has 1 saturated heterocycles. The second-order valence-electron chi connectivity index (χ2n) is 6.55. The summed E-state index contributed by atoms with van der Waals surface area (Å²) in [6.45, 7) is 13.9. The highest BCUT2D eigenvalue weighted by Crippen LogP contribution is 2.25. The number of quaternary nitrogens is 1. The molecule has 2 nitrogen and oxygen atoms in total. The van der Waals surface area contributed by atoms with Gasteiger partial charge in [0.2, 0.25) is 0 Å². The lowest BCUT2D eigenvalue weighted by molar-refractivity contribution is -0.964. The summed E-state index contributed by atoms with van der Waals surface area (Å²) in [5.74, 6) is -0.155. The zero-order chi connectivity index (χ0) is 14.8. The van der Waals surface area contributed by atoms with Gasteiger partial charge in [-0.25, -0.2) is 4.39 Å². The maximum atomic E-state index is 13.0. The van der Waals surface area contributed by atoms with Crippen LogP contribution in [0.25, 0.3) is 0 Å². The normalized spacial score (nSPS) is 19.4. The van der Waals surface area contributed by atoms with Crippen LogP contribution in [0, 0.1) is 5.82 Å². The molecule has 0 spiro atoms. The predicted molar refractivity (Wildman–Crippen MR) is 83.5 cm³/mol. The fourth-order valence-electron chi connectivity index (χ4n) is 3.63. The number of nitrogens with zero attached hydrogens (tertiary/aromatic N) is 2. The molecule has 1 aromatic rings. The monoisotopic (exact) mass is 279 g/mol. The third-order valence-corrected chi connectivity index (χ3v) is 5.04. The predicted octanol–water partition coefficient (Wildman–Crippen LogP) is 3.67.